The molecule has 2 aliphatic rings. The summed E-state index contributed by atoms with van der Waals surface area (Å²) in [6.45, 7) is 5.51. The van der Waals surface area contributed by atoms with Crippen LogP contribution in [0, 0.1) is 0 Å². The zero-order chi connectivity index (χ0) is 19.7. The van der Waals surface area contributed by atoms with Crippen LogP contribution in [0.25, 0.3) is 0 Å². The molecule has 2 aliphatic heterocycles. The van der Waals surface area contributed by atoms with Crippen LogP contribution in [0.2, 0.25) is 0 Å². The van der Waals surface area contributed by atoms with Gasteiger partial charge in [0.05, 0.1) is 17.2 Å². The minimum atomic E-state index is -0.489. The first kappa shape index (κ1) is 18.8. The number of hydrogen-bond donors (Lipinski definition) is 3. The summed E-state index contributed by atoms with van der Waals surface area (Å²) >= 11 is 0. The van der Waals surface area contributed by atoms with Crippen LogP contribution in [0.3, 0.4) is 0 Å². The highest BCUT2D eigenvalue weighted by Crippen LogP contribution is 2.43. The first-order chi connectivity index (χ1) is 13.5. The maximum Gasteiger partial charge on any atom is 0.196 e. The Kier molecular flexibility index (Phi) is 5.00. The highest BCUT2D eigenvalue weighted by molar-refractivity contribution is 6.11. The third-order valence-corrected chi connectivity index (χ3v) is 5.32. The summed E-state index contributed by atoms with van der Waals surface area (Å²) in [4.78, 5) is 12.8. The Morgan fingerprint density at radius 2 is 2.04 bits per heavy atom. The zero-order valence-corrected chi connectivity index (χ0v) is 16.2. The van der Waals surface area contributed by atoms with Crippen LogP contribution in [0.4, 0.5) is 5.69 Å². The SMILES string of the molecule is CC1(C)Nc2c(ccc(C(=O)c3ccccc3)c2O)OC1NCC1CCCO1. The molecule has 0 bridgehead atoms. The second-order valence-electron chi connectivity index (χ2n) is 7.92. The fraction of sp³-hybridized carbons (Fsp3) is 0.409. The number of phenolic OH excluding ortho intramolecular Hbond substituents is 1. The summed E-state index contributed by atoms with van der Waals surface area (Å²) < 4.78 is 11.8. The highest BCUT2D eigenvalue weighted by atomic mass is 16.5. The fourth-order valence-electron chi connectivity index (χ4n) is 3.72. The summed E-state index contributed by atoms with van der Waals surface area (Å²) in [6, 6.07) is 12.3. The van der Waals surface area contributed by atoms with Crippen LogP contribution in [0.15, 0.2) is 42.5 Å². The summed E-state index contributed by atoms with van der Waals surface area (Å²) in [5, 5.41) is 17.5. The van der Waals surface area contributed by atoms with Gasteiger partial charge in [-0.05, 0) is 38.8 Å². The van der Waals surface area contributed by atoms with Gasteiger partial charge in [0.2, 0.25) is 0 Å². The molecule has 2 heterocycles. The lowest BCUT2D eigenvalue weighted by molar-refractivity contribution is 0.0602. The van der Waals surface area contributed by atoms with Gasteiger partial charge in [0.15, 0.2) is 17.8 Å². The van der Waals surface area contributed by atoms with Crippen molar-refractivity contribution in [3.63, 3.8) is 0 Å². The van der Waals surface area contributed by atoms with Gasteiger partial charge in [-0.15, -0.1) is 0 Å². The van der Waals surface area contributed by atoms with E-state index in [2.05, 4.69) is 10.6 Å². The molecule has 2 aromatic rings. The van der Waals surface area contributed by atoms with Gasteiger partial charge in [0, 0.05) is 18.7 Å². The monoisotopic (exact) mass is 382 g/mol. The molecular formula is C22H26N2O4. The molecule has 2 unspecified atom stereocenters. The van der Waals surface area contributed by atoms with E-state index in [0.717, 1.165) is 19.4 Å². The Morgan fingerprint density at radius 1 is 1.25 bits per heavy atom. The number of rotatable bonds is 5. The third-order valence-electron chi connectivity index (χ3n) is 5.32. The summed E-state index contributed by atoms with van der Waals surface area (Å²) in [7, 11) is 0. The van der Waals surface area contributed by atoms with Crippen molar-refractivity contribution in [3.8, 4) is 11.5 Å². The largest absolute Gasteiger partial charge is 0.505 e. The van der Waals surface area contributed by atoms with E-state index in [0.29, 0.717) is 23.5 Å². The van der Waals surface area contributed by atoms with Gasteiger partial charge in [-0.1, -0.05) is 30.3 Å². The number of aromatic hydroxyl groups is 1. The predicted molar refractivity (Wildman–Crippen MR) is 107 cm³/mol. The van der Waals surface area contributed by atoms with E-state index in [1.54, 1.807) is 36.4 Å². The van der Waals surface area contributed by atoms with E-state index in [9.17, 15) is 9.90 Å². The molecule has 6 heteroatoms. The molecule has 0 spiro atoms. The van der Waals surface area contributed by atoms with E-state index < -0.39 is 5.54 Å². The number of nitrogens with one attached hydrogen (secondary N) is 2. The fourth-order valence-corrected chi connectivity index (χ4v) is 3.72. The van der Waals surface area contributed by atoms with Gasteiger partial charge in [0.25, 0.3) is 0 Å². The van der Waals surface area contributed by atoms with Gasteiger partial charge >= 0.3 is 0 Å². The van der Waals surface area contributed by atoms with Crippen molar-refractivity contribution < 1.29 is 19.4 Å². The summed E-state index contributed by atoms with van der Waals surface area (Å²) in [6.07, 6.45) is 2.06. The van der Waals surface area contributed by atoms with E-state index in [-0.39, 0.29) is 29.4 Å². The number of carbonyl (C=O) groups excluding carboxylic acids is 1. The van der Waals surface area contributed by atoms with Crippen LogP contribution in [0.1, 0.15) is 42.6 Å². The minimum absolute atomic E-state index is 0.0861. The van der Waals surface area contributed by atoms with E-state index >= 15 is 0 Å². The Hall–Kier alpha value is -2.57. The second-order valence-corrected chi connectivity index (χ2v) is 7.92. The maximum atomic E-state index is 12.8. The third kappa shape index (κ3) is 3.57. The first-order valence-electron chi connectivity index (χ1n) is 9.71. The highest BCUT2D eigenvalue weighted by Gasteiger charge is 2.38. The van der Waals surface area contributed by atoms with Crippen molar-refractivity contribution in [3.05, 3.63) is 53.6 Å². The molecule has 0 radical (unpaired) electrons. The van der Waals surface area contributed by atoms with Crippen molar-refractivity contribution in [1.29, 1.82) is 0 Å². The molecule has 2 aromatic carbocycles. The molecule has 4 rings (SSSR count). The van der Waals surface area contributed by atoms with E-state index in [4.69, 9.17) is 9.47 Å². The van der Waals surface area contributed by atoms with Gasteiger partial charge in [-0.25, -0.2) is 0 Å². The van der Waals surface area contributed by atoms with Crippen LogP contribution >= 0.6 is 0 Å². The Labute approximate surface area is 164 Å². The smallest absolute Gasteiger partial charge is 0.196 e. The van der Waals surface area contributed by atoms with Crippen molar-refractivity contribution in [2.45, 2.75) is 44.6 Å². The van der Waals surface area contributed by atoms with Crippen molar-refractivity contribution >= 4 is 11.5 Å². The lowest BCUT2D eigenvalue weighted by atomic mass is 9.96. The average Bonchev–Trinajstić information content (AvgIpc) is 3.21. The van der Waals surface area contributed by atoms with Crippen molar-refractivity contribution in [2.24, 2.45) is 0 Å². The quantitative estimate of drug-likeness (QED) is 0.544. The lowest BCUT2D eigenvalue weighted by Crippen LogP contribution is -2.58. The van der Waals surface area contributed by atoms with Crippen molar-refractivity contribution in [1.82, 2.24) is 5.32 Å². The number of benzene rings is 2. The van der Waals surface area contributed by atoms with Crippen LogP contribution < -0.4 is 15.4 Å². The van der Waals surface area contributed by atoms with E-state index in [1.807, 2.05) is 19.9 Å². The normalized spacial score (nSPS) is 22.8. The molecule has 3 N–H and O–H groups in total. The number of carbonyl (C=O) groups is 1. The molecule has 1 saturated heterocycles. The number of ketones is 1. The summed E-state index contributed by atoms with van der Waals surface area (Å²) in [5.74, 6) is 0.211. The number of phenols is 1. The number of ether oxygens (including phenoxy) is 2. The Bertz CT molecular complexity index is 860. The van der Waals surface area contributed by atoms with E-state index in [1.165, 1.54) is 0 Å². The van der Waals surface area contributed by atoms with Gasteiger partial charge < -0.3 is 19.9 Å². The standard InChI is InChI=1S/C22H26N2O4/c1-22(2)21(23-13-15-9-6-12-27-15)28-17-11-10-16(20(26)18(17)24-22)19(25)14-7-4-3-5-8-14/h3-5,7-8,10-11,15,21,23-24,26H,6,9,12-13H2,1-2H3. The van der Waals surface area contributed by atoms with Crippen LogP contribution in [0.5, 0.6) is 11.5 Å². The Morgan fingerprint density at radius 3 is 2.75 bits per heavy atom. The topological polar surface area (TPSA) is 79.8 Å². The molecule has 148 valence electrons. The second kappa shape index (κ2) is 7.45. The zero-order valence-electron chi connectivity index (χ0n) is 16.2. The van der Waals surface area contributed by atoms with Gasteiger partial charge in [0.1, 0.15) is 11.4 Å². The molecule has 6 nitrogen and oxygen atoms in total. The molecule has 0 aromatic heterocycles. The Balaban J connectivity index is 1.56. The molecule has 0 aliphatic carbocycles. The van der Waals surface area contributed by atoms with Crippen molar-refractivity contribution in [2.75, 3.05) is 18.5 Å². The molecule has 0 amide bonds. The van der Waals surface area contributed by atoms with Gasteiger partial charge in [-0.2, -0.15) is 0 Å². The molecule has 1 fully saturated rings. The number of anilines is 1. The lowest BCUT2D eigenvalue weighted by Gasteiger charge is -2.42. The van der Waals surface area contributed by atoms with Crippen LogP contribution in [-0.4, -0.2) is 41.9 Å². The maximum absolute atomic E-state index is 12.8. The predicted octanol–water partition coefficient (Wildman–Crippen LogP) is 3.30. The molecule has 0 saturated carbocycles. The summed E-state index contributed by atoms with van der Waals surface area (Å²) in [5.41, 5.74) is 0.742. The molecule has 2 atom stereocenters. The number of hydrogen-bond acceptors (Lipinski definition) is 6. The minimum Gasteiger partial charge on any atom is -0.505 e. The van der Waals surface area contributed by atoms with Crippen LogP contribution in [-0.2, 0) is 4.74 Å². The van der Waals surface area contributed by atoms with Gasteiger partial charge in [-0.3, -0.25) is 10.1 Å². The first-order valence-corrected chi connectivity index (χ1v) is 9.71. The number of fused-ring (bicyclic) bond motifs is 1. The molecule has 28 heavy (non-hydrogen) atoms. The molecular weight excluding hydrogens is 356 g/mol. The average molecular weight is 382 g/mol.